The van der Waals surface area contributed by atoms with Gasteiger partial charge in [-0.3, -0.25) is 9.67 Å². The molecule has 2 aromatic heterocycles. The van der Waals surface area contributed by atoms with Crippen molar-refractivity contribution >= 4 is 5.71 Å². The Hall–Kier alpha value is -2.37. The molecule has 4 rings (SSSR count). The monoisotopic (exact) mass is 350 g/mol. The van der Waals surface area contributed by atoms with Gasteiger partial charge in [-0.05, 0) is 42.5 Å². The van der Waals surface area contributed by atoms with Crippen LogP contribution in [-0.2, 0) is 25.3 Å². The molecule has 0 unspecified atom stereocenters. The molecular formula is C20H26N6. The Kier molecular flexibility index (Phi) is 4.21. The third-order valence-corrected chi connectivity index (χ3v) is 5.14. The van der Waals surface area contributed by atoms with Crippen molar-refractivity contribution in [3.8, 4) is 11.3 Å². The van der Waals surface area contributed by atoms with Gasteiger partial charge >= 0.3 is 0 Å². The second kappa shape index (κ2) is 6.41. The van der Waals surface area contributed by atoms with Crippen molar-refractivity contribution in [2.45, 2.75) is 58.3 Å². The van der Waals surface area contributed by atoms with E-state index in [1.165, 1.54) is 36.1 Å². The second-order valence-electron chi connectivity index (χ2n) is 8.26. The van der Waals surface area contributed by atoms with Crippen LogP contribution in [0.5, 0.6) is 0 Å². The maximum absolute atomic E-state index is 5.18. The molecule has 0 radical (unpaired) electrons. The molecule has 0 bridgehead atoms. The van der Waals surface area contributed by atoms with E-state index in [1.807, 2.05) is 17.9 Å². The molecule has 0 N–H and O–H groups in total. The molecule has 0 spiro atoms. The summed E-state index contributed by atoms with van der Waals surface area (Å²) in [7, 11) is 1.96. The van der Waals surface area contributed by atoms with Gasteiger partial charge < -0.3 is 0 Å². The Bertz CT molecular complexity index is 898. The Labute approximate surface area is 154 Å². The highest BCUT2D eigenvalue weighted by atomic mass is 15.4. The predicted molar refractivity (Wildman–Crippen MR) is 103 cm³/mol. The van der Waals surface area contributed by atoms with Crippen LogP contribution in [0.25, 0.3) is 11.3 Å². The maximum Gasteiger partial charge on any atom is 0.107 e. The minimum absolute atomic E-state index is 0.0920. The van der Waals surface area contributed by atoms with E-state index < -0.39 is 0 Å². The smallest absolute Gasteiger partial charge is 0.107 e. The van der Waals surface area contributed by atoms with Gasteiger partial charge in [-0.2, -0.15) is 10.2 Å². The van der Waals surface area contributed by atoms with Gasteiger partial charge in [-0.25, -0.2) is 0 Å². The maximum atomic E-state index is 5.18. The van der Waals surface area contributed by atoms with Gasteiger partial charge in [0.1, 0.15) is 6.54 Å². The number of hydrogen-bond donors (Lipinski definition) is 0. The average Bonchev–Trinajstić information content (AvgIpc) is 3.19. The fraction of sp³-hybridized carbons (Fsp3) is 0.550. The number of nitrogens with zero attached hydrogens (tertiary/aromatic N) is 6. The fourth-order valence-corrected chi connectivity index (χ4v) is 3.92. The largest absolute Gasteiger partial charge is 0.275 e. The zero-order valence-corrected chi connectivity index (χ0v) is 16.1. The summed E-state index contributed by atoms with van der Waals surface area (Å²) in [6.45, 7) is 7.17. The third-order valence-electron chi connectivity index (χ3n) is 5.14. The van der Waals surface area contributed by atoms with Crippen molar-refractivity contribution in [1.82, 2.24) is 14.8 Å². The first-order chi connectivity index (χ1) is 12.4. The van der Waals surface area contributed by atoms with Gasteiger partial charge in [0, 0.05) is 35.5 Å². The molecule has 1 aliphatic heterocycles. The van der Waals surface area contributed by atoms with Crippen LogP contribution in [0, 0.1) is 0 Å². The highest BCUT2D eigenvalue weighted by molar-refractivity contribution is 6.09. The van der Waals surface area contributed by atoms with Gasteiger partial charge in [0.15, 0.2) is 0 Å². The Morgan fingerprint density at radius 2 is 1.85 bits per heavy atom. The second-order valence-corrected chi connectivity index (χ2v) is 8.26. The molecule has 0 saturated carbocycles. The van der Waals surface area contributed by atoms with E-state index >= 15 is 0 Å². The van der Waals surface area contributed by atoms with Crippen molar-refractivity contribution < 1.29 is 0 Å². The van der Waals surface area contributed by atoms with Crippen LogP contribution in [-0.4, -0.2) is 27.0 Å². The van der Waals surface area contributed by atoms with Crippen LogP contribution in [0.2, 0.25) is 0 Å². The van der Waals surface area contributed by atoms with Crippen LogP contribution in [0.15, 0.2) is 27.7 Å². The van der Waals surface area contributed by atoms with E-state index in [0.29, 0.717) is 6.54 Å². The minimum atomic E-state index is -0.0920. The summed E-state index contributed by atoms with van der Waals surface area (Å²) in [4.78, 5) is 5.18. The lowest BCUT2D eigenvalue weighted by Gasteiger charge is -2.26. The number of aryl methyl sites for hydroxylation is 2. The summed E-state index contributed by atoms with van der Waals surface area (Å²) in [6, 6.07) is 2.10. The molecular weight excluding hydrogens is 324 g/mol. The topological polar surface area (TPSA) is 67.8 Å². The lowest BCUT2D eigenvalue weighted by molar-refractivity contribution is 0.563. The first kappa shape index (κ1) is 17.1. The first-order valence-corrected chi connectivity index (χ1v) is 9.45. The molecule has 6 heteroatoms. The van der Waals surface area contributed by atoms with Gasteiger partial charge in [0.05, 0.1) is 17.1 Å². The van der Waals surface area contributed by atoms with E-state index in [2.05, 4.69) is 42.3 Å². The van der Waals surface area contributed by atoms with Gasteiger partial charge in [-0.15, -0.1) is 5.10 Å². The van der Waals surface area contributed by atoms with Crippen molar-refractivity contribution in [2.24, 2.45) is 22.5 Å². The number of fused-ring (bicyclic) bond motifs is 1. The molecule has 136 valence electrons. The van der Waals surface area contributed by atoms with Crippen LogP contribution in [0.3, 0.4) is 0 Å². The molecule has 0 fully saturated rings. The van der Waals surface area contributed by atoms with E-state index in [-0.39, 0.29) is 5.41 Å². The quantitative estimate of drug-likeness (QED) is 0.761. The van der Waals surface area contributed by atoms with Gasteiger partial charge in [0.2, 0.25) is 0 Å². The Morgan fingerprint density at radius 1 is 1.04 bits per heavy atom. The summed E-state index contributed by atoms with van der Waals surface area (Å²) in [6.07, 6.45) is 7.75. The highest BCUT2D eigenvalue weighted by Gasteiger charge is 2.31. The molecule has 3 heterocycles. The lowest BCUT2D eigenvalue weighted by atomic mass is 9.81. The molecule has 0 atom stereocenters. The standard InChI is InChI=1S/C20H26N6/c1-20(2,3)19-18(16-12-21-25-23-16)17(15-10-11-26(4)24-15)13-8-6-5-7-9-14(13)22-19/h10-11H,5-9,12H2,1-4H3. The predicted octanol–water partition coefficient (Wildman–Crippen LogP) is 4.22. The van der Waals surface area contributed by atoms with Crippen LogP contribution in [0.4, 0.5) is 0 Å². The molecule has 2 aromatic rings. The van der Waals surface area contributed by atoms with Crippen molar-refractivity contribution in [2.75, 3.05) is 6.54 Å². The van der Waals surface area contributed by atoms with Gasteiger partial charge in [-0.1, -0.05) is 27.2 Å². The number of aromatic nitrogens is 3. The molecule has 0 amide bonds. The number of hydrogen-bond acceptors (Lipinski definition) is 5. The summed E-state index contributed by atoms with van der Waals surface area (Å²) in [5.74, 6) is 0. The molecule has 0 aromatic carbocycles. The molecule has 0 saturated heterocycles. The van der Waals surface area contributed by atoms with Crippen LogP contribution >= 0.6 is 0 Å². The number of rotatable bonds is 2. The molecule has 26 heavy (non-hydrogen) atoms. The first-order valence-electron chi connectivity index (χ1n) is 9.45. The van der Waals surface area contributed by atoms with Crippen molar-refractivity contribution in [3.05, 3.63) is 34.8 Å². The average molecular weight is 350 g/mol. The summed E-state index contributed by atoms with van der Waals surface area (Å²) in [5.41, 5.74) is 7.80. The lowest BCUT2D eigenvalue weighted by Crippen LogP contribution is -2.23. The van der Waals surface area contributed by atoms with Crippen molar-refractivity contribution in [1.29, 1.82) is 0 Å². The zero-order chi connectivity index (χ0) is 18.3. The molecule has 1 aliphatic carbocycles. The normalized spacial score (nSPS) is 17.2. The zero-order valence-electron chi connectivity index (χ0n) is 16.1. The van der Waals surface area contributed by atoms with Crippen LogP contribution in [0.1, 0.15) is 62.5 Å². The van der Waals surface area contributed by atoms with Crippen molar-refractivity contribution in [3.63, 3.8) is 0 Å². The SMILES string of the molecule is Cn1ccc(-c2c3c(nc(C(C)(C)C)c2C2=NN=NC2)CCCCC3)n1. The third kappa shape index (κ3) is 2.97. The molecule has 6 nitrogen and oxygen atoms in total. The van der Waals surface area contributed by atoms with E-state index in [4.69, 9.17) is 10.1 Å². The highest BCUT2D eigenvalue weighted by Crippen LogP contribution is 2.38. The Morgan fingerprint density at radius 3 is 2.50 bits per heavy atom. The Balaban J connectivity index is 2.07. The fourth-order valence-electron chi connectivity index (χ4n) is 3.92. The van der Waals surface area contributed by atoms with Gasteiger partial charge in [0.25, 0.3) is 0 Å². The summed E-state index contributed by atoms with van der Waals surface area (Å²) in [5, 5.41) is 17.1. The van der Waals surface area contributed by atoms with E-state index in [1.54, 1.807) is 0 Å². The van der Waals surface area contributed by atoms with Crippen LogP contribution < -0.4 is 0 Å². The summed E-state index contributed by atoms with van der Waals surface area (Å²) < 4.78 is 1.87. The minimum Gasteiger partial charge on any atom is -0.275 e. The molecule has 2 aliphatic rings. The number of pyridine rings is 1. The van der Waals surface area contributed by atoms with E-state index in [9.17, 15) is 0 Å². The summed E-state index contributed by atoms with van der Waals surface area (Å²) >= 11 is 0. The van der Waals surface area contributed by atoms with E-state index in [0.717, 1.165) is 35.5 Å².